The van der Waals surface area contributed by atoms with Gasteiger partial charge in [0.25, 0.3) is 0 Å². The second kappa shape index (κ2) is 4.55. The zero-order valence-corrected chi connectivity index (χ0v) is 7.73. The van der Waals surface area contributed by atoms with Crippen LogP contribution in [0.25, 0.3) is 0 Å². The fourth-order valence-corrected chi connectivity index (χ4v) is 1.39. The van der Waals surface area contributed by atoms with E-state index in [1.807, 2.05) is 0 Å². The predicted octanol–water partition coefficient (Wildman–Crippen LogP) is -0.110. The number of rotatable bonds is 3. The summed E-state index contributed by atoms with van der Waals surface area (Å²) in [6.07, 6.45) is -0.790. The third kappa shape index (κ3) is 2.40. The van der Waals surface area contributed by atoms with Gasteiger partial charge in [0, 0.05) is 20.6 Å². The lowest BCUT2D eigenvalue weighted by Crippen LogP contribution is -2.46. The quantitative estimate of drug-likeness (QED) is 0.672. The van der Waals surface area contributed by atoms with Gasteiger partial charge >= 0.3 is 5.97 Å². The van der Waals surface area contributed by atoms with Crippen molar-refractivity contribution in [3.63, 3.8) is 0 Å². The first kappa shape index (κ1) is 10.4. The van der Waals surface area contributed by atoms with Crippen LogP contribution in [0.4, 0.5) is 0 Å². The van der Waals surface area contributed by atoms with E-state index < -0.39 is 12.1 Å². The summed E-state index contributed by atoms with van der Waals surface area (Å²) in [5.41, 5.74) is 0. The molecule has 0 saturated carbocycles. The van der Waals surface area contributed by atoms with Crippen molar-refractivity contribution in [2.45, 2.75) is 24.7 Å². The minimum atomic E-state index is -0.948. The topological polar surface area (TPSA) is 65.0 Å². The van der Waals surface area contributed by atoms with E-state index in [1.165, 1.54) is 0 Å². The van der Waals surface area contributed by atoms with Gasteiger partial charge < -0.3 is 19.3 Å². The van der Waals surface area contributed by atoms with Gasteiger partial charge in [-0.25, -0.2) is 4.79 Å². The van der Waals surface area contributed by atoms with Crippen LogP contribution < -0.4 is 0 Å². The molecule has 0 spiro atoms. The Hall–Kier alpha value is -0.650. The maximum absolute atomic E-state index is 10.6. The lowest BCUT2D eigenvalue weighted by molar-refractivity contribution is -0.175. The van der Waals surface area contributed by atoms with Crippen LogP contribution in [0, 0.1) is 0 Å². The molecule has 1 saturated heterocycles. The van der Waals surface area contributed by atoms with Crippen molar-refractivity contribution in [3.05, 3.63) is 0 Å². The second-order valence-electron chi connectivity index (χ2n) is 2.94. The smallest absolute Gasteiger partial charge is 0.332 e. The maximum Gasteiger partial charge on any atom is 0.332 e. The Balaban J connectivity index is 2.52. The SMILES string of the molecule is COC1COC(C(=O)O)C[C@H]1OC. The molecular formula is C8H14O5. The molecule has 0 aromatic heterocycles. The highest BCUT2D eigenvalue weighted by molar-refractivity contribution is 5.72. The van der Waals surface area contributed by atoms with Crippen molar-refractivity contribution < 1.29 is 24.1 Å². The molecule has 1 aliphatic heterocycles. The Morgan fingerprint density at radius 3 is 2.46 bits per heavy atom. The fraction of sp³-hybridized carbons (Fsp3) is 0.875. The van der Waals surface area contributed by atoms with E-state index in [0.29, 0.717) is 6.42 Å². The molecule has 76 valence electrons. The first-order chi connectivity index (χ1) is 6.19. The van der Waals surface area contributed by atoms with E-state index in [-0.39, 0.29) is 18.8 Å². The summed E-state index contributed by atoms with van der Waals surface area (Å²) in [4.78, 5) is 10.6. The summed E-state index contributed by atoms with van der Waals surface area (Å²) in [6.45, 7) is 0.270. The van der Waals surface area contributed by atoms with Gasteiger partial charge in [0.15, 0.2) is 6.10 Å². The molecule has 1 heterocycles. The Labute approximate surface area is 76.6 Å². The molecule has 13 heavy (non-hydrogen) atoms. The predicted molar refractivity (Wildman–Crippen MR) is 43.6 cm³/mol. The molecule has 1 aliphatic rings. The van der Waals surface area contributed by atoms with Crippen LogP contribution in [-0.4, -0.2) is 50.2 Å². The summed E-state index contributed by atoms with van der Waals surface area (Å²) < 4.78 is 15.3. The van der Waals surface area contributed by atoms with Gasteiger partial charge in [-0.3, -0.25) is 0 Å². The summed E-state index contributed by atoms with van der Waals surface area (Å²) >= 11 is 0. The summed E-state index contributed by atoms with van der Waals surface area (Å²) in [5.74, 6) is -0.948. The van der Waals surface area contributed by atoms with Crippen LogP contribution in [0.5, 0.6) is 0 Å². The molecule has 0 amide bonds. The lowest BCUT2D eigenvalue weighted by atomic mass is 10.0. The highest BCUT2D eigenvalue weighted by atomic mass is 16.6. The van der Waals surface area contributed by atoms with Gasteiger partial charge in [0.2, 0.25) is 0 Å². The van der Waals surface area contributed by atoms with E-state index >= 15 is 0 Å². The van der Waals surface area contributed by atoms with E-state index in [9.17, 15) is 4.79 Å². The highest BCUT2D eigenvalue weighted by Gasteiger charge is 2.34. The van der Waals surface area contributed by atoms with Crippen molar-refractivity contribution in [2.24, 2.45) is 0 Å². The minimum absolute atomic E-state index is 0.166. The molecule has 0 bridgehead atoms. The van der Waals surface area contributed by atoms with Gasteiger partial charge in [-0.2, -0.15) is 0 Å². The highest BCUT2D eigenvalue weighted by Crippen LogP contribution is 2.18. The van der Waals surface area contributed by atoms with E-state index in [4.69, 9.17) is 19.3 Å². The third-order valence-corrected chi connectivity index (χ3v) is 2.20. The van der Waals surface area contributed by atoms with E-state index in [1.54, 1.807) is 14.2 Å². The zero-order valence-electron chi connectivity index (χ0n) is 7.73. The average Bonchev–Trinajstić information content (AvgIpc) is 2.16. The first-order valence-electron chi connectivity index (χ1n) is 4.09. The first-order valence-corrected chi connectivity index (χ1v) is 4.09. The summed E-state index contributed by atoms with van der Waals surface area (Å²) in [5, 5.41) is 8.69. The Morgan fingerprint density at radius 2 is 2.00 bits per heavy atom. The number of hydrogen-bond acceptors (Lipinski definition) is 4. The Bertz CT molecular complexity index is 181. The number of ether oxygens (including phenoxy) is 3. The summed E-state index contributed by atoms with van der Waals surface area (Å²) in [7, 11) is 3.10. The Morgan fingerprint density at radius 1 is 1.38 bits per heavy atom. The number of carboxylic acid groups (broad SMARTS) is 1. The van der Waals surface area contributed by atoms with Gasteiger partial charge in [-0.1, -0.05) is 0 Å². The van der Waals surface area contributed by atoms with Crippen LogP contribution in [0.15, 0.2) is 0 Å². The third-order valence-electron chi connectivity index (χ3n) is 2.20. The molecule has 0 aromatic carbocycles. The van der Waals surface area contributed by atoms with Crippen molar-refractivity contribution in [1.82, 2.24) is 0 Å². The largest absolute Gasteiger partial charge is 0.479 e. The van der Waals surface area contributed by atoms with E-state index in [2.05, 4.69) is 0 Å². The molecule has 1 rings (SSSR count). The van der Waals surface area contributed by atoms with E-state index in [0.717, 1.165) is 0 Å². The average molecular weight is 190 g/mol. The van der Waals surface area contributed by atoms with Crippen molar-refractivity contribution in [3.8, 4) is 0 Å². The van der Waals surface area contributed by atoms with Gasteiger partial charge in [-0.05, 0) is 0 Å². The summed E-state index contributed by atoms with van der Waals surface area (Å²) in [6, 6.07) is 0. The number of hydrogen-bond donors (Lipinski definition) is 1. The second-order valence-corrected chi connectivity index (χ2v) is 2.94. The molecular weight excluding hydrogens is 176 g/mol. The monoisotopic (exact) mass is 190 g/mol. The number of carbonyl (C=O) groups is 1. The van der Waals surface area contributed by atoms with Gasteiger partial charge in [-0.15, -0.1) is 0 Å². The molecule has 1 N–H and O–H groups in total. The van der Waals surface area contributed by atoms with Crippen LogP contribution in [0.1, 0.15) is 6.42 Å². The molecule has 0 aliphatic carbocycles. The number of carboxylic acids is 1. The molecule has 0 radical (unpaired) electrons. The molecule has 0 aromatic rings. The van der Waals surface area contributed by atoms with Crippen LogP contribution in [0.3, 0.4) is 0 Å². The van der Waals surface area contributed by atoms with Gasteiger partial charge in [0.1, 0.15) is 6.10 Å². The van der Waals surface area contributed by atoms with Crippen LogP contribution in [0.2, 0.25) is 0 Å². The van der Waals surface area contributed by atoms with Gasteiger partial charge in [0.05, 0.1) is 12.7 Å². The standard InChI is InChI=1S/C8H14O5/c1-11-5-3-6(8(9)10)13-4-7(5)12-2/h5-7H,3-4H2,1-2H3,(H,9,10)/t5-,6?,7?/m1/s1. The molecule has 5 heteroatoms. The maximum atomic E-state index is 10.6. The number of aliphatic carboxylic acids is 1. The Kier molecular flexibility index (Phi) is 3.65. The molecule has 2 unspecified atom stereocenters. The van der Waals surface area contributed by atoms with Crippen LogP contribution >= 0.6 is 0 Å². The van der Waals surface area contributed by atoms with Crippen LogP contribution in [-0.2, 0) is 19.0 Å². The van der Waals surface area contributed by atoms with Crippen molar-refractivity contribution >= 4 is 5.97 Å². The lowest BCUT2D eigenvalue weighted by Gasteiger charge is -2.32. The molecule has 1 fully saturated rings. The minimum Gasteiger partial charge on any atom is -0.479 e. The normalized spacial score (nSPS) is 34.5. The molecule has 5 nitrogen and oxygen atoms in total. The van der Waals surface area contributed by atoms with Crippen molar-refractivity contribution in [2.75, 3.05) is 20.8 Å². The number of methoxy groups -OCH3 is 2. The zero-order chi connectivity index (χ0) is 9.84. The molecule has 3 atom stereocenters. The van der Waals surface area contributed by atoms with Crippen molar-refractivity contribution in [1.29, 1.82) is 0 Å². The fourth-order valence-electron chi connectivity index (χ4n) is 1.39.